The fraction of sp³-hybridized carbons (Fsp3) is 0.105. The first-order valence-electron chi connectivity index (χ1n) is 7.71. The minimum absolute atomic E-state index is 0.260. The van der Waals surface area contributed by atoms with Crippen molar-refractivity contribution in [2.75, 3.05) is 13.6 Å². The van der Waals surface area contributed by atoms with E-state index < -0.39 is 0 Å². The summed E-state index contributed by atoms with van der Waals surface area (Å²) < 4.78 is 22.0. The monoisotopic (exact) mass is 317 g/mol. The molecule has 0 aliphatic carbocycles. The van der Waals surface area contributed by atoms with Crippen LogP contribution in [0, 0.1) is 0 Å². The molecule has 0 radical (unpaired) electrons. The lowest BCUT2D eigenvalue weighted by molar-refractivity contribution is 0.173. The van der Waals surface area contributed by atoms with E-state index in [0.717, 1.165) is 55.4 Å². The molecule has 0 amide bonds. The minimum Gasteiger partial charge on any atom is -0.454 e. The van der Waals surface area contributed by atoms with Crippen molar-refractivity contribution >= 4 is 32.4 Å². The Morgan fingerprint density at radius 3 is 2.08 bits per heavy atom. The number of aromatic nitrogens is 1. The Labute approximate surface area is 136 Å². The molecule has 0 saturated carbocycles. The highest BCUT2D eigenvalue weighted by molar-refractivity contribution is 6.16. The fourth-order valence-corrected chi connectivity index (χ4v) is 3.50. The van der Waals surface area contributed by atoms with Gasteiger partial charge in [0.15, 0.2) is 23.0 Å². The van der Waals surface area contributed by atoms with Crippen LogP contribution in [-0.2, 0) is 0 Å². The molecule has 5 nitrogen and oxygen atoms in total. The van der Waals surface area contributed by atoms with Gasteiger partial charge in [0.25, 0.3) is 0 Å². The third-order valence-electron chi connectivity index (χ3n) is 4.67. The molecule has 2 aliphatic heterocycles. The summed E-state index contributed by atoms with van der Waals surface area (Å²) in [5, 5.41) is 5.47. The predicted molar refractivity (Wildman–Crippen MR) is 89.0 cm³/mol. The van der Waals surface area contributed by atoms with Crippen LogP contribution in [0.3, 0.4) is 0 Å². The zero-order chi connectivity index (χ0) is 15.7. The van der Waals surface area contributed by atoms with Crippen molar-refractivity contribution in [1.82, 2.24) is 4.98 Å². The summed E-state index contributed by atoms with van der Waals surface area (Å²) >= 11 is 0. The summed E-state index contributed by atoms with van der Waals surface area (Å²) in [7, 11) is 0. The Morgan fingerprint density at radius 2 is 1.29 bits per heavy atom. The first-order valence-corrected chi connectivity index (χ1v) is 7.71. The van der Waals surface area contributed by atoms with E-state index in [2.05, 4.69) is 17.1 Å². The van der Waals surface area contributed by atoms with Gasteiger partial charge in [-0.2, -0.15) is 0 Å². The first kappa shape index (κ1) is 12.2. The van der Waals surface area contributed by atoms with Gasteiger partial charge < -0.3 is 18.9 Å². The molecule has 5 heteroatoms. The van der Waals surface area contributed by atoms with Gasteiger partial charge in [0.2, 0.25) is 13.6 Å². The molecule has 0 atom stereocenters. The van der Waals surface area contributed by atoms with Gasteiger partial charge in [0.1, 0.15) is 0 Å². The van der Waals surface area contributed by atoms with Crippen LogP contribution in [0.2, 0.25) is 0 Å². The maximum Gasteiger partial charge on any atom is 0.231 e. The van der Waals surface area contributed by atoms with Crippen molar-refractivity contribution in [2.45, 2.75) is 0 Å². The molecule has 0 spiro atoms. The van der Waals surface area contributed by atoms with Crippen molar-refractivity contribution in [1.29, 1.82) is 0 Å². The molecule has 3 heterocycles. The zero-order valence-corrected chi connectivity index (χ0v) is 12.5. The van der Waals surface area contributed by atoms with Gasteiger partial charge in [0.05, 0.1) is 5.52 Å². The number of nitrogens with zero attached hydrogens (tertiary/aromatic N) is 1. The molecule has 4 aromatic rings. The minimum atomic E-state index is 0.260. The topological polar surface area (TPSA) is 49.8 Å². The van der Waals surface area contributed by atoms with Gasteiger partial charge in [-0.3, -0.25) is 4.98 Å². The molecular weight excluding hydrogens is 306 g/mol. The molecule has 0 N–H and O–H groups in total. The molecule has 3 aromatic carbocycles. The van der Waals surface area contributed by atoms with Gasteiger partial charge >= 0.3 is 0 Å². The van der Waals surface area contributed by atoms with Gasteiger partial charge in [-0.1, -0.05) is 12.1 Å². The second-order valence-corrected chi connectivity index (χ2v) is 5.93. The van der Waals surface area contributed by atoms with Gasteiger partial charge in [-0.05, 0) is 34.4 Å². The number of hydrogen-bond acceptors (Lipinski definition) is 5. The Morgan fingerprint density at radius 1 is 0.625 bits per heavy atom. The largest absolute Gasteiger partial charge is 0.454 e. The quantitative estimate of drug-likeness (QED) is 0.459. The molecule has 0 saturated heterocycles. The van der Waals surface area contributed by atoms with E-state index in [1.165, 1.54) is 0 Å². The summed E-state index contributed by atoms with van der Waals surface area (Å²) in [5.74, 6) is 3.08. The SMILES string of the molecule is c1cc2c3cc4c(cc3ncc2c2cc3c(cc12)OCO3)OCO4. The van der Waals surface area contributed by atoms with E-state index in [4.69, 9.17) is 18.9 Å². The Bertz CT molecular complexity index is 1080. The number of pyridine rings is 1. The van der Waals surface area contributed by atoms with Crippen LogP contribution in [0.5, 0.6) is 23.0 Å². The lowest BCUT2D eigenvalue weighted by Gasteiger charge is -2.08. The number of ether oxygens (including phenoxy) is 4. The maximum absolute atomic E-state index is 5.52. The second-order valence-electron chi connectivity index (χ2n) is 5.93. The van der Waals surface area contributed by atoms with Gasteiger partial charge in [0, 0.05) is 23.0 Å². The first-order chi connectivity index (χ1) is 11.9. The van der Waals surface area contributed by atoms with Crippen LogP contribution in [-0.4, -0.2) is 18.6 Å². The number of hydrogen-bond donors (Lipinski definition) is 0. The van der Waals surface area contributed by atoms with Gasteiger partial charge in [-0.15, -0.1) is 0 Å². The van der Waals surface area contributed by atoms with Crippen LogP contribution in [0.4, 0.5) is 0 Å². The molecule has 2 aliphatic rings. The van der Waals surface area contributed by atoms with Crippen molar-refractivity contribution in [2.24, 2.45) is 0 Å². The summed E-state index contributed by atoms with van der Waals surface area (Å²) in [6.07, 6.45) is 1.91. The fourth-order valence-electron chi connectivity index (χ4n) is 3.50. The summed E-state index contributed by atoms with van der Waals surface area (Å²) in [6.45, 7) is 0.532. The van der Waals surface area contributed by atoms with E-state index in [1.807, 2.05) is 30.5 Å². The van der Waals surface area contributed by atoms with Crippen molar-refractivity contribution in [3.05, 3.63) is 42.6 Å². The molecule has 24 heavy (non-hydrogen) atoms. The van der Waals surface area contributed by atoms with Crippen LogP contribution in [0.1, 0.15) is 0 Å². The van der Waals surface area contributed by atoms with Gasteiger partial charge in [-0.25, -0.2) is 0 Å². The highest BCUT2D eigenvalue weighted by atomic mass is 16.7. The summed E-state index contributed by atoms with van der Waals surface area (Å²) in [6, 6.07) is 12.2. The van der Waals surface area contributed by atoms with Crippen molar-refractivity contribution in [3.63, 3.8) is 0 Å². The average molecular weight is 317 g/mol. The Kier molecular flexibility index (Phi) is 2.14. The van der Waals surface area contributed by atoms with E-state index >= 15 is 0 Å². The van der Waals surface area contributed by atoms with E-state index in [1.54, 1.807) is 0 Å². The lowest BCUT2D eigenvalue weighted by atomic mass is 9.99. The second kappa shape index (κ2) is 4.20. The molecule has 0 bridgehead atoms. The van der Waals surface area contributed by atoms with Crippen molar-refractivity contribution < 1.29 is 18.9 Å². The summed E-state index contributed by atoms with van der Waals surface area (Å²) in [4.78, 5) is 4.62. The molecule has 6 rings (SSSR count). The third-order valence-corrected chi connectivity index (χ3v) is 4.67. The lowest BCUT2D eigenvalue weighted by Crippen LogP contribution is -1.92. The predicted octanol–water partition coefficient (Wildman–Crippen LogP) is 4.00. The van der Waals surface area contributed by atoms with Crippen LogP contribution in [0.15, 0.2) is 42.6 Å². The van der Waals surface area contributed by atoms with Crippen LogP contribution in [0.25, 0.3) is 32.4 Å². The van der Waals surface area contributed by atoms with Crippen LogP contribution < -0.4 is 18.9 Å². The van der Waals surface area contributed by atoms with E-state index in [9.17, 15) is 0 Å². The van der Waals surface area contributed by atoms with E-state index in [0.29, 0.717) is 0 Å². The maximum atomic E-state index is 5.52. The normalized spacial score (nSPS) is 14.8. The number of rotatable bonds is 0. The average Bonchev–Trinajstić information content (AvgIpc) is 3.25. The molecular formula is C19H11NO4. The van der Waals surface area contributed by atoms with Crippen LogP contribution >= 0.6 is 0 Å². The Hall–Kier alpha value is -3.21. The molecule has 0 fully saturated rings. The number of benzene rings is 3. The third kappa shape index (κ3) is 1.51. The Balaban J connectivity index is 1.74. The zero-order valence-electron chi connectivity index (χ0n) is 12.5. The standard InChI is InChI=1S/C19H11NO4/c1-2-11-13-5-18-19(24-9-23-18)6-15(13)20-7-14(11)12-4-17-16(3-10(1)12)21-8-22-17/h1-7H,8-9H2. The highest BCUT2D eigenvalue weighted by Crippen LogP contribution is 2.41. The molecule has 1 aromatic heterocycles. The van der Waals surface area contributed by atoms with E-state index in [-0.39, 0.29) is 13.6 Å². The molecule has 116 valence electrons. The summed E-state index contributed by atoms with van der Waals surface area (Å²) in [5.41, 5.74) is 0.895. The smallest absolute Gasteiger partial charge is 0.231 e. The molecule has 0 unspecified atom stereocenters. The van der Waals surface area contributed by atoms with Crippen molar-refractivity contribution in [3.8, 4) is 23.0 Å². The highest BCUT2D eigenvalue weighted by Gasteiger charge is 2.18. The number of fused-ring (bicyclic) bond motifs is 7.